The molecule has 0 unspecified atom stereocenters. The number of carbonyl (C=O) groups is 1. The summed E-state index contributed by atoms with van der Waals surface area (Å²) >= 11 is 3.32. The van der Waals surface area contributed by atoms with Gasteiger partial charge < -0.3 is 10.6 Å². The molecule has 0 atom stereocenters. The van der Waals surface area contributed by atoms with Crippen LogP contribution in [0.5, 0.6) is 0 Å². The zero-order chi connectivity index (χ0) is 14.5. The molecule has 5 heteroatoms. The molecule has 2 aromatic rings. The van der Waals surface area contributed by atoms with Gasteiger partial charge in [0.1, 0.15) is 0 Å². The van der Waals surface area contributed by atoms with E-state index in [0.717, 1.165) is 16.5 Å². The van der Waals surface area contributed by atoms with Gasteiger partial charge >= 0.3 is 0 Å². The second kappa shape index (κ2) is 6.52. The summed E-state index contributed by atoms with van der Waals surface area (Å²) in [6, 6.07) is 9.16. The number of likely N-dealkylation sites (N-methyl/N-ethyl adjacent to an activating group) is 1. The van der Waals surface area contributed by atoms with Gasteiger partial charge in [-0.15, -0.1) is 0 Å². The van der Waals surface area contributed by atoms with Crippen molar-refractivity contribution in [1.82, 2.24) is 9.88 Å². The number of carbonyl (C=O) groups excluding carboxylic acids is 1. The van der Waals surface area contributed by atoms with Crippen molar-refractivity contribution in [2.75, 3.05) is 19.3 Å². The molecule has 0 fully saturated rings. The molecule has 2 N–H and O–H groups in total. The van der Waals surface area contributed by atoms with E-state index in [4.69, 9.17) is 5.73 Å². The van der Waals surface area contributed by atoms with Crippen LogP contribution >= 0.6 is 15.9 Å². The minimum Gasteiger partial charge on any atom is -0.398 e. The quantitative estimate of drug-likeness (QED) is 0.875. The molecule has 0 saturated carbocycles. The highest BCUT2D eigenvalue weighted by atomic mass is 79.9. The lowest BCUT2D eigenvalue weighted by molar-refractivity contribution is 0.0796. The first kappa shape index (κ1) is 14.5. The Kier molecular flexibility index (Phi) is 4.74. The van der Waals surface area contributed by atoms with Gasteiger partial charge in [-0.2, -0.15) is 0 Å². The Labute approximate surface area is 126 Å². The largest absolute Gasteiger partial charge is 0.398 e. The molecule has 0 radical (unpaired) electrons. The van der Waals surface area contributed by atoms with Crippen LogP contribution in [0.3, 0.4) is 0 Å². The minimum absolute atomic E-state index is 0.0294. The van der Waals surface area contributed by atoms with Gasteiger partial charge in [-0.3, -0.25) is 9.78 Å². The average Bonchev–Trinajstić information content (AvgIpc) is 2.48. The van der Waals surface area contributed by atoms with Crippen LogP contribution < -0.4 is 5.73 Å². The van der Waals surface area contributed by atoms with E-state index in [2.05, 4.69) is 20.9 Å². The number of amides is 1. The van der Waals surface area contributed by atoms with Crippen LogP contribution in [0, 0.1) is 0 Å². The zero-order valence-electron chi connectivity index (χ0n) is 11.2. The number of rotatable bonds is 4. The Hall–Kier alpha value is -1.88. The molecular weight excluding hydrogens is 318 g/mol. The van der Waals surface area contributed by atoms with Gasteiger partial charge in [-0.1, -0.05) is 0 Å². The molecule has 0 saturated heterocycles. The Morgan fingerprint density at radius 2 is 2.00 bits per heavy atom. The first-order valence-electron chi connectivity index (χ1n) is 6.27. The van der Waals surface area contributed by atoms with Gasteiger partial charge in [0.05, 0.1) is 0 Å². The van der Waals surface area contributed by atoms with Crippen molar-refractivity contribution in [3.63, 3.8) is 0 Å². The monoisotopic (exact) mass is 333 g/mol. The number of pyridine rings is 1. The molecule has 20 heavy (non-hydrogen) atoms. The second-order valence-electron chi connectivity index (χ2n) is 4.57. The lowest BCUT2D eigenvalue weighted by Crippen LogP contribution is -2.28. The second-order valence-corrected chi connectivity index (χ2v) is 5.42. The van der Waals surface area contributed by atoms with Crippen LogP contribution in [-0.2, 0) is 6.42 Å². The molecule has 0 spiro atoms. The van der Waals surface area contributed by atoms with E-state index >= 15 is 0 Å². The topological polar surface area (TPSA) is 59.2 Å². The van der Waals surface area contributed by atoms with Crippen LogP contribution in [0.25, 0.3) is 0 Å². The maximum Gasteiger partial charge on any atom is 0.253 e. The predicted octanol–water partition coefficient (Wildman–Crippen LogP) is 2.74. The smallest absolute Gasteiger partial charge is 0.253 e. The highest BCUT2D eigenvalue weighted by molar-refractivity contribution is 9.10. The summed E-state index contributed by atoms with van der Waals surface area (Å²) in [6.45, 7) is 0.652. The molecule has 1 heterocycles. The first-order valence-corrected chi connectivity index (χ1v) is 7.06. The van der Waals surface area contributed by atoms with Gasteiger partial charge in [0.25, 0.3) is 5.91 Å². The Bertz CT molecular complexity index is 601. The number of hydrogen-bond donors (Lipinski definition) is 1. The fraction of sp³-hybridized carbons (Fsp3) is 0.200. The fourth-order valence-electron chi connectivity index (χ4n) is 1.84. The molecule has 0 bridgehead atoms. The molecule has 1 amide bonds. The molecule has 2 rings (SSSR count). The number of anilines is 1. The van der Waals surface area contributed by atoms with Crippen LogP contribution in [-0.4, -0.2) is 29.4 Å². The number of nitrogen functional groups attached to an aromatic ring is 1. The molecule has 104 valence electrons. The zero-order valence-corrected chi connectivity index (χ0v) is 12.8. The van der Waals surface area contributed by atoms with Crippen molar-refractivity contribution >= 4 is 27.5 Å². The minimum atomic E-state index is -0.0294. The first-order chi connectivity index (χ1) is 9.58. The third kappa shape index (κ3) is 3.57. The SMILES string of the molecule is CN(CCc1ccncc1)C(=O)c1ccc(Br)c(N)c1. The number of halogens is 1. The number of nitrogens with two attached hydrogens (primary N) is 1. The van der Waals surface area contributed by atoms with E-state index in [9.17, 15) is 4.79 Å². The summed E-state index contributed by atoms with van der Waals surface area (Å²) in [4.78, 5) is 17.9. The predicted molar refractivity (Wildman–Crippen MR) is 83.5 cm³/mol. The molecule has 0 aliphatic carbocycles. The molecular formula is C15H16BrN3O. The van der Waals surface area contributed by atoms with Crippen molar-refractivity contribution in [2.24, 2.45) is 0 Å². The van der Waals surface area contributed by atoms with Gasteiger partial charge in [-0.05, 0) is 58.2 Å². The molecule has 1 aromatic heterocycles. The summed E-state index contributed by atoms with van der Waals surface area (Å²) in [6.07, 6.45) is 4.32. The third-order valence-corrected chi connectivity index (χ3v) is 3.80. The van der Waals surface area contributed by atoms with E-state index in [1.54, 1.807) is 42.5 Å². The third-order valence-electron chi connectivity index (χ3n) is 3.07. The number of hydrogen-bond acceptors (Lipinski definition) is 3. The molecule has 0 aliphatic heterocycles. The highest BCUT2D eigenvalue weighted by Gasteiger charge is 2.12. The van der Waals surface area contributed by atoms with Crippen LogP contribution in [0.15, 0.2) is 47.2 Å². The van der Waals surface area contributed by atoms with E-state index in [1.165, 1.54) is 0 Å². The maximum atomic E-state index is 12.3. The lowest BCUT2D eigenvalue weighted by atomic mass is 10.1. The van der Waals surface area contributed by atoms with Crippen molar-refractivity contribution in [2.45, 2.75) is 6.42 Å². The summed E-state index contributed by atoms with van der Waals surface area (Å²) in [5, 5.41) is 0. The van der Waals surface area contributed by atoms with E-state index < -0.39 is 0 Å². The number of nitrogens with zero attached hydrogens (tertiary/aromatic N) is 2. The fourth-order valence-corrected chi connectivity index (χ4v) is 2.09. The lowest BCUT2D eigenvalue weighted by Gasteiger charge is -2.17. The van der Waals surface area contributed by atoms with Crippen molar-refractivity contribution < 1.29 is 4.79 Å². The summed E-state index contributed by atoms with van der Waals surface area (Å²) in [5.74, 6) is -0.0294. The van der Waals surface area contributed by atoms with E-state index in [1.807, 2.05) is 12.1 Å². The van der Waals surface area contributed by atoms with Crippen LogP contribution in [0.2, 0.25) is 0 Å². The van der Waals surface area contributed by atoms with Gasteiger partial charge in [0.2, 0.25) is 0 Å². The molecule has 0 aliphatic rings. The van der Waals surface area contributed by atoms with Crippen molar-refractivity contribution in [1.29, 1.82) is 0 Å². The normalized spacial score (nSPS) is 10.3. The van der Waals surface area contributed by atoms with Gasteiger partial charge in [0, 0.05) is 41.7 Å². The summed E-state index contributed by atoms with van der Waals surface area (Å²) in [5.41, 5.74) is 8.13. The van der Waals surface area contributed by atoms with Crippen LogP contribution in [0.1, 0.15) is 15.9 Å². The number of aromatic nitrogens is 1. The Morgan fingerprint density at radius 3 is 2.65 bits per heavy atom. The van der Waals surface area contributed by atoms with E-state index in [0.29, 0.717) is 17.8 Å². The Morgan fingerprint density at radius 1 is 1.30 bits per heavy atom. The maximum absolute atomic E-state index is 12.3. The standard InChI is InChI=1S/C15H16BrN3O/c1-19(9-6-11-4-7-18-8-5-11)15(20)12-2-3-13(16)14(17)10-12/h2-5,7-8,10H,6,9,17H2,1H3. The van der Waals surface area contributed by atoms with E-state index in [-0.39, 0.29) is 5.91 Å². The van der Waals surface area contributed by atoms with Crippen molar-refractivity contribution in [3.8, 4) is 0 Å². The summed E-state index contributed by atoms with van der Waals surface area (Å²) < 4.78 is 0.800. The van der Waals surface area contributed by atoms with Gasteiger partial charge in [0.15, 0.2) is 0 Å². The summed E-state index contributed by atoms with van der Waals surface area (Å²) in [7, 11) is 1.79. The van der Waals surface area contributed by atoms with Gasteiger partial charge in [-0.25, -0.2) is 0 Å². The number of benzene rings is 1. The highest BCUT2D eigenvalue weighted by Crippen LogP contribution is 2.20. The van der Waals surface area contributed by atoms with Crippen molar-refractivity contribution in [3.05, 3.63) is 58.3 Å². The Balaban J connectivity index is 1.99. The molecule has 4 nitrogen and oxygen atoms in total. The average molecular weight is 334 g/mol. The molecule has 1 aromatic carbocycles. The van der Waals surface area contributed by atoms with Crippen LogP contribution in [0.4, 0.5) is 5.69 Å².